The first-order valence-electron chi connectivity index (χ1n) is 4.45. The lowest BCUT2D eigenvalue weighted by molar-refractivity contribution is 0.0808. The number of hydrogen-bond acceptors (Lipinski definition) is 4. The summed E-state index contributed by atoms with van der Waals surface area (Å²) in [5.41, 5.74) is 3.56. The standard InChI is InChI=1S/C10H15NO3/c1-13-11-6-7-14-10-4-2-9(8-12)3-5-10/h2-5,11-12H,6-8H2,1H3. The minimum absolute atomic E-state index is 0.0610. The molecule has 0 aliphatic carbocycles. The highest BCUT2D eigenvalue weighted by molar-refractivity contribution is 5.26. The molecule has 0 saturated carbocycles. The normalized spacial score (nSPS) is 10.1. The summed E-state index contributed by atoms with van der Waals surface area (Å²) >= 11 is 0. The molecule has 1 aromatic carbocycles. The molecule has 1 rings (SSSR count). The summed E-state index contributed by atoms with van der Waals surface area (Å²) in [7, 11) is 1.57. The number of benzene rings is 1. The van der Waals surface area contributed by atoms with Crippen LogP contribution in [-0.4, -0.2) is 25.4 Å². The zero-order valence-electron chi connectivity index (χ0n) is 8.19. The lowest BCUT2D eigenvalue weighted by Crippen LogP contribution is -2.19. The summed E-state index contributed by atoms with van der Waals surface area (Å²) in [4.78, 5) is 4.65. The minimum Gasteiger partial charge on any atom is -0.492 e. The van der Waals surface area contributed by atoms with Gasteiger partial charge in [0.2, 0.25) is 0 Å². The van der Waals surface area contributed by atoms with Crippen LogP contribution >= 0.6 is 0 Å². The van der Waals surface area contributed by atoms with E-state index in [-0.39, 0.29) is 6.61 Å². The second-order valence-electron chi connectivity index (χ2n) is 2.75. The Labute approximate surface area is 83.4 Å². The first-order valence-corrected chi connectivity index (χ1v) is 4.45. The van der Waals surface area contributed by atoms with Crippen LogP contribution in [0.15, 0.2) is 24.3 Å². The van der Waals surface area contributed by atoms with E-state index in [0.717, 1.165) is 11.3 Å². The smallest absolute Gasteiger partial charge is 0.119 e. The van der Waals surface area contributed by atoms with E-state index in [4.69, 9.17) is 9.84 Å². The van der Waals surface area contributed by atoms with Crippen LogP contribution in [-0.2, 0) is 11.4 Å². The molecular weight excluding hydrogens is 182 g/mol. The van der Waals surface area contributed by atoms with E-state index >= 15 is 0 Å². The van der Waals surface area contributed by atoms with Crippen LogP contribution in [0.5, 0.6) is 5.75 Å². The zero-order chi connectivity index (χ0) is 10.2. The number of rotatable bonds is 6. The third-order valence-electron chi connectivity index (χ3n) is 1.72. The Balaban J connectivity index is 2.29. The SMILES string of the molecule is CONCCOc1ccc(CO)cc1. The second kappa shape index (κ2) is 6.37. The molecule has 0 radical (unpaired) electrons. The van der Waals surface area contributed by atoms with Gasteiger partial charge in [0.25, 0.3) is 0 Å². The van der Waals surface area contributed by atoms with Crippen molar-refractivity contribution in [2.45, 2.75) is 6.61 Å². The van der Waals surface area contributed by atoms with Crippen LogP contribution in [0.3, 0.4) is 0 Å². The average Bonchev–Trinajstić information content (AvgIpc) is 2.25. The molecule has 0 spiro atoms. The van der Waals surface area contributed by atoms with Gasteiger partial charge in [-0.15, -0.1) is 0 Å². The Bertz CT molecular complexity index is 248. The molecule has 0 amide bonds. The fourth-order valence-corrected chi connectivity index (χ4v) is 1.00. The quantitative estimate of drug-likeness (QED) is 0.521. The summed E-state index contributed by atoms with van der Waals surface area (Å²) in [5.74, 6) is 0.792. The maximum absolute atomic E-state index is 8.81. The first-order chi connectivity index (χ1) is 6.86. The fourth-order valence-electron chi connectivity index (χ4n) is 1.00. The number of hydroxylamine groups is 1. The molecule has 0 unspecified atom stereocenters. The van der Waals surface area contributed by atoms with Gasteiger partial charge in [-0.2, -0.15) is 5.48 Å². The van der Waals surface area contributed by atoms with Gasteiger partial charge in [0.15, 0.2) is 0 Å². The third kappa shape index (κ3) is 3.74. The molecule has 4 heteroatoms. The van der Waals surface area contributed by atoms with Crippen molar-refractivity contribution in [3.63, 3.8) is 0 Å². The summed E-state index contributed by atoms with van der Waals surface area (Å²) in [5, 5.41) is 8.81. The summed E-state index contributed by atoms with van der Waals surface area (Å²) in [6, 6.07) is 7.33. The number of hydrogen-bond donors (Lipinski definition) is 2. The number of nitrogens with one attached hydrogen (secondary N) is 1. The summed E-state index contributed by atoms with van der Waals surface area (Å²) < 4.78 is 5.38. The van der Waals surface area contributed by atoms with Crippen molar-refractivity contribution in [1.29, 1.82) is 0 Å². The molecule has 0 aromatic heterocycles. The molecule has 0 fully saturated rings. The third-order valence-corrected chi connectivity index (χ3v) is 1.72. The largest absolute Gasteiger partial charge is 0.492 e. The van der Waals surface area contributed by atoms with Gasteiger partial charge in [0.05, 0.1) is 20.3 Å². The molecule has 0 saturated heterocycles. The van der Waals surface area contributed by atoms with Crippen molar-refractivity contribution < 1.29 is 14.7 Å². The van der Waals surface area contributed by atoms with Crippen molar-refractivity contribution in [1.82, 2.24) is 5.48 Å². The molecular formula is C10H15NO3. The van der Waals surface area contributed by atoms with Gasteiger partial charge >= 0.3 is 0 Å². The highest BCUT2D eigenvalue weighted by Crippen LogP contribution is 2.11. The number of ether oxygens (including phenoxy) is 1. The topological polar surface area (TPSA) is 50.7 Å². The Morgan fingerprint density at radius 1 is 1.29 bits per heavy atom. The van der Waals surface area contributed by atoms with Crippen LogP contribution in [0.1, 0.15) is 5.56 Å². The van der Waals surface area contributed by atoms with Gasteiger partial charge in [0, 0.05) is 0 Å². The van der Waals surface area contributed by atoms with Gasteiger partial charge in [-0.25, -0.2) is 0 Å². The van der Waals surface area contributed by atoms with Crippen LogP contribution in [0.4, 0.5) is 0 Å². The van der Waals surface area contributed by atoms with Crippen molar-refractivity contribution in [2.75, 3.05) is 20.3 Å². The Kier molecular flexibility index (Phi) is 4.99. The molecule has 14 heavy (non-hydrogen) atoms. The van der Waals surface area contributed by atoms with E-state index in [9.17, 15) is 0 Å². The lowest BCUT2D eigenvalue weighted by Gasteiger charge is -2.06. The van der Waals surface area contributed by atoms with Crippen LogP contribution < -0.4 is 10.2 Å². The van der Waals surface area contributed by atoms with Gasteiger partial charge in [-0.3, -0.25) is 0 Å². The van der Waals surface area contributed by atoms with Crippen molar-refractivity contribution in [2.24, 2.45) is 0 Å². The zero-order valence-corrected chi connectivity index (χ0v) is 8.19. The molecule has 0 bridgehead atoms. The Hall–Kier alpha value is -1.10. The maximum Gasteiger partial charge on any atom is 0.119 e. The van der Waals surface area contributed by atoms with Gasteiger partial charge < -0.3 is 14.7 Å². The van der Waals surface area contributed by atoms with Gasteiger partial charge in [-0.1, -0.05) is 12.1 Å². The van der Waals surface area contributed by atoms with E-state index in [0.29, 0.717) is 13.2 Å². The van der Waals surface area contributed by atoms with E-state index in [1.165, 1.54) is 0 Å². The average molecular weight is 197 g/mol. The van der Waals surface area contributed by atoms with Crippen molar-refractivity contribution in [3.8, 4) is 5.75 Å². The molecule has 0 atom stereocenters. The predicted molar refractivity (Wildman–Crippen MR) is 52.9 cm³/mol. The van der Waals surface area contributed by atoms with E-state index < -0.39 is 0 Å². The Morgan fingerprint density at radius 2 is 2.00 bits per heavy atom. The molecule has 0 heterocycles. The van der Waals surface area contributed by atoms with Crippen LogP contribution in [0.2, 0.25) is 0 Å². The Morgan fingerprint density at radius 3 is 2.57 bits per heavy atom. The van der Waals surface area contributed by atoms with E-state index in [2.05, 4.69) is 10.3 Å². The molecule has 2 N–H and O–H groups in total. The fraction of sp³-hybridized carbons (Fsp3) is 0.400. The lowest BCUT2D eigenvalue weighted by atomic mass is 10.2. The minimum atomic E-state index is 0.0610. The summed E-state index contributed by atoms with van der Waals surface area (Å²) in [6.07, 6.45) is 0. The summed E-state index contributed by atoms with van der Waals surface area (Å²) in [6.45, 7) is 1.25. The predicted octanol–water partition coefficient (Wildman–Crippen LogP) is 0.709. The maximum atomic E-state index is 8.81. The van der Waals surface area contributed by atoms with E-state index in [1.807, 2.05) is 24.3 Å². The van der Waals surface area contributed by atoms with Gasteiger partial charge in [-0.05, 0) is 17.7 Å². The van der Waals surface area contributed by atoms with Crippen LogP contribution in [0.25, 0.3) is 0 Å². The van der Waals surface area contributed by atoms with Crippen molar-refractivity contribution in [3.05, 3.63) is 29.8 Å². The molecule has 1 aromatic rings. The van der Waals surface area contributed by atoms with E-state index in [1.54, 1.807) is 7.11 Å². The number of aliphatic hydroxyl groups excluding tert-OH is 1. The van der Waals surface area contributed by atoms with Crippen molar-refractivity contribution >= 4 is 0 Å². The van der Waals surface area contributed by atoms with Gasteiger partial charge in [0.1, 0.15) is 12.4 Å². The number of aliphatic hydroxyl groups is 1. The molecule has 0 aliphatic heterocycles. The second-order valence-corrected chi connectivity index (χ2v) is 2.75. The highest BCUT2D eigenvalue weighted by atomic mass is 16.6. The monoisotopic (exact) mass is 197 g/mol. The first kappa shape index (κ1) is 11.0. The highest BCUT2D eigenvalue weighted by Gasteiger charge is 1.93. The molecule has 0 aliphatic rings. The molecule has 4 nitrogen and oxygen atoms in total. The molecule has 78 valence electrons. The van der Waals surface area contributed by atoms with Crippen LogP contribution in [0, 0.1) is 0 Å².